The van der Waals surface area contributed by atoms with E-state index in [-0.39, 0.29) is 12.4 Å². The molecule has 5 nitrogen and oxygen atoms in total. The maximum atomic E-state index is 14.2. The lowest BCUT2D eigenvalue weighted by atomic mass is 10.2. The molecule has 0 N–H and O–H groups in total. The Balaban J connectivity index is 1.89. The number of rotatable bonds is 6. The van der Waals surface area contributed by atoms with Crippen molar-refractivity contribution in [3.8, 4) is 5.75 Å². The summed E-state index contributed by atoms with van der Waals surface area (Å²) in [5.74, 6) is -0.128. The van der Waals surface area contributed by atoms with E-state index in [1.54, 1.807) is 29.9 Å². The standard InChI is InChI=1S/C19H19FN2O3S/c1-13-6-3-4-8-15(13)25-12-17(23)21-19-22(10-11-24-2)18-14(20)7-5-9-16(18)26-19/h3-9H,10-12H2,1-2H3. The Hall–Kier alpha value is -2.51. The zero-order valence-electron chi connectivity index (χ0n) is 14.6. The molecule has 0 bridgehead atoms. The number of carbonyl (C=O) groups excluding carboxylic acids is 1. The number of hydrogen-bond donors (Lipinski definition) is 0. The number of hydrogen-bond acceptors (Lipinski definition) is 4. The van der Waals surface area contributed by atoms with Crippen molar-refractivity contribution < 1.29 is 18.7 Å². The topological polar surface area (TPSA) is 52.8 Å². The van der Waals surface area contributed by atoms with Gasteiger partial charge in [0.2, 0.25) is 0 Å². The van der Waals surface area contributed by atoms with Gasteiger partial charge in [0.15, 0.2) is 11.4 Å². The molecule has 0 aliphatic carbocycles. The fourth-order valence-electron chi connectivity index (χ4n) is 2.56. The molecular formula is C19H19FN2O3S. The third kappa shape index (κ3) is 4.00. The fourth-order valence-corrected chi connectivity index (χ4v) is 3.65. The van der Waals surface area contributed by atoms with Crippen molar-refractivity contribution >= 4 is 27.5 Å². The molecule has 0 radical (unpaired) electrons. The second kappa shape index (κ2) is 8.25. The van der Waals surface area contributed by atoms with E-state index in [0.29, 0.717) is 29.2 Å². The average Bonchev–Trinajstić information content (AvgIpc) is 2.97. The number of aromatic nitrogens is 1. The quantitative estimate of drug-likeness (QED) is 0.665. The van der Waals surface area contributed by atoms with Crippen LogP contribution in [0.3, 0.4) is 0 Å². The Morgan fingerprint density at radius 1 is 1.23 bits per heavy atom. The van der Waals surface area contributed by atoms with Crippen LogP contribution in [-0.4, -0.2) is 30.8 Å². The summed E-state index contributed by atoms with van der Waals surface area (Å²) in [6.45, 7) is 2.53. The van der Waals surface area contributed by atoms with Gasteiger partial charge in [-0.2, -0.15) is 4.99 Å². The number of amides is 1. The first-order valence-corrected chi connectivity index (χ1v) is 8.94. The van der Waals surface area contributed by atoms with Crippen LogP contribution < -0.4 is 9.54 Å². The van der Waals surface area contributed by atoms with Gasteiger partial charge in [0, 0.05) is 13.7 Å². The highest BCUT2D eigenvalue weighted by molar-refractivity contribution is 7.16. The molecule has 1 aromatic heterocycles. The first kappa shape index (κ1) is 18.3. The molecule has 2 aromatic carbocycles. The number of methoxy groups -OCH3 is 1. The Bertz CT molecular complexity index is 994. The molecule has 0 spiro atoms. The van der Waals surface area contributed by atoms with Gasteiger partial charge in [0.25, 0.3) is 5.91 Å². The molecule has 0 aliphatic rings. The second-order valence-electron chi connectivity index (χ2n) is 5.68. The van der Waals surface area contributed by atoms with E-state index in [4.69, 9.17) is 9.47 Å². The van der Waals surface area contributed by atoms with Crippen LogP contribution in [0, 0.1) is 12.7 Å². The Morgan fingerprint density at radius 3 is 2.81 bits per heavy atom. The van der Waals surface area contributed by atoms with Crippen molar-refractivity contribution in [3.63, 3.8) is 0 Å². The van der Waals surface area contributed by atoms with Gasteiger partial charge in [0.1, 0.15) is 11.6 Å². The molecule has 0 saturated carbocycles. The van der Waals surface area contributed by atoms with E-state index in [2.05, 4.69) is 4.99 Å². The third-order valence-corrected chi connectivity index (χ3v) is 4.88. The summed E-state index contributed by atoms with van der Waals surface area (Å²) in [6, 6.07) is 12.3. The van der Waals surface area contributed by atoms with Crippen molar-refractivity contribution in [3.05, 3.63) is 58.6 Å². The van der Waals surface area contributed by atoms with E-state index in [1.807, 2.05) is 25.1 Å². The molecule has 136 valence electrons. The molecule has 0 fully saturated rings. The molecule has 3 rings (SSSR count). The molecule has 0 saturated heterocycles. The maximum Gasteiger partial charge on any atom is 0.286 e. The van der Waals surface area contributed by atoms with E-state index >= 15 is 0 Å². The number of carbonyl (C=O) groups is 1. The van der Waals surface area contributed by atoms with Crippen LogP contribution in [0.2, 0.25) is 0 Å². The van der Waals surface area contributed by atoms with E-state index < -0.39 is 5.91 Å². The normalized spacial score (nSPS) is 11.9. The van der Waals surface area contributed by atoms with E-state index in [9.17, 15) is 9.18 Å². The SMILES string of the molecule is COCCn1c(=NC(=O)COc2ccccc2C)sc2cccc(F)c21. The molecule has 7 heteroatoms. The molecule has 0 aliphatic heterocycles. The Labute approximate surface area is 154 Å². The summed E-state index contributed by atoms with van der Waals surface area (Å²) in [6.07, 6.45) is 0. The Morgan fingerprint density at radius 2 is 2.04 bits per heavy atom. The van der Waals surface area contributed by atoms with Crippen LogP contribution in [0.4, 0.5) is 4.39 Å². The minimum absolute atomic E-state index is 0.175. The van der Waals surface area contributed by atoms with Crippen molar-refractivity contribution in [1.29, 1.82) is 0 Å². The van der Waals surface area contributed by atoms with Crippen LogP contribution in [-0.2, 0) is 16.1 Å². The number of benzene rings is 2. The van der Waals surface area contributed by atoms with Gasteiger partial charge in [-0.1, -0.05) is 35.6 Å². The number of fused-ring (bicyclic) bond motifs is 1. The van der Waals surface area contributed by atoms with Crippen molar-refractivity contribution in [2.45, 2.75) is 13.5 Å². The van der Waals surface area contributed by atoms with Crippen molar-refractivity contribution in [1.82, 2.24) is 4.57 Å². The zero-order valence-corrected chi connectivity index (χ0v) is 15.4. The number of aryl methyl sites for hydroxylation is 1. The molecule has 1 heterocycles. The summed E-state index contributed by atoms with van der Waals surface area (Å²) < 4.78 is 27.3. The van der Waals surface area contributed by atoms with Crippen LogP contribution in [0.5, 0.6) is 5.75 Å². The zero-order chi connectivity index (χ0) is 18.5. The lowest BCUT2D eigenvalue weighted by Crippen LogP contribution is -2.21. The van der Waals surface area contributed by atoms with Crippen LogP contribution >= 0.6 is 11.3 Å². The first-order valence-electron chi connectivity index (χ1n) is 8.13. The summed E-state index contributed by atoms with van der Waals surface area (Å²) >= 11 is 1.27. The summed E-state index contributed by atoms with van der Waals surface area (Å²) in [7, 11) is 1.57. The molecule has 1 amide bonds. The van der Waals surface area contributed by atoms with Crippen LogP contribution in [0.25, 0.3) is 10.2 Å². The van der Waals surface area contributed by atoms with Crippen LogP contribution in [0.15, 0.2) is 47.5 Å². The van der Waals surface area contributed by atoms with Gasteiger partial charge in [-0.15, -0.1) is 0 Å². The summed E-state index contributed by atoms with van der Waals surface area (Å²) in [4.78, 5) is 16.8. The minimum atomic E-state index is -0.425. The van der Waals surface area contributed by atoms with Gasteiger partial charge in [-0.05, 0) is 30.7 Å². The van der Waals surface area contributed by atoms with Gasteiger partial charge in [-0.3, -0.25) is 4.79 Å². The second-order valence-corrected chi connectivity index (χ2v) is 6.68. The number of halogens is 1. The smallest absolute Gasteiger partial charge is 0.286 e. The first-order chi connectivity index (χ1) is 12.6. The number of ether oxygens (including phenoxy) is 2. The van der Waals surface area contributed by atoms with E-state index in [0.717, 1.165) is 10.3 Å². The molecule has 0 atom stereocenters. The predicted octanol–water partition coefficient (Wildman–Crippen LogP) is 3.30. The minimum Gasteiger partial charge on any atom is -0.483 e. The molecular weight excluding hydrogens is 355 g/mol. The third-order valence-electron chi connectivity index (χ3n) is 3.84. The average molecular weight is 374 g/mol. The van der Waals surface area contributed by atoms with E-state index in [1.165, 1.54) is 17.4 Å². The summed E-state index contributed by atoms with van der Waals surface area (Å²) in [5.41, 5.74) is 1.38. The monoisotopic (exact) mass is 374 g/mol. The number of nitrogens with zero attached hydrogens (tertiary/aromatic N) is 2. The molecule has 26 heavy (non-hydrogen) atoms. The lowest BCUT2D eigenvalue weighted by molar-refractivity contribution is -0.120. The van der Waals surface area contributed by atoms with Gasteiger partial charge < -0.3 is 14.0 Å². The number of thiazole rings is 1. The van der Waals surface area contributed by atoms with Gasteiger partial charge in [0.05, 0.1) is 16.8 Å². The summed E-state index contributed by atoms with van der Waals surface area (Å²) in [5, 5.41) is 0. The van der Waals surface area contributed by atoms with Crippen molar-refractivity contribution in [2.24, 2.45) is 4.99 Å². The van der Waals surface area contributed by atoms with Crippen LogP contribution in [0.1, 0.15) is 5.56 Å². The van der Waals surface area contributed by atoms with Gasteiger partial charge in [-0.25, -0.2) is 4.39 Å². The highest BCUT2D eigenvalue weighted by Crippen LogP contribution is 2.20. The predicted molar refractivity (Wildman–Crippen MR) is 98.9 cm³/mol. The largest absolute Gasteiger partial charge is 0.483 e. The lowest BCUT2D eigenvalue weighted by Gasteiger charge is -2.06. The molecule has 0 unspecified atom stereocenters. The number of para-hydroxylation sites is 2. The fraction of sp³-hybridized carbons (Fsp3) is 0.263. The maximum absolute atomic E-state index is 14.2. The van der Waals surface area contributed by atoms with Crippen molar-refractivity contribution in [2.75, 3.05) is 20.3 Å². The Kier molecular flexibility index (Phi) is 5.80. The molecule has 3 aromatic rings. The van der Waals surface area contributed by atoms with Gasteiger partial charge >= 0.3 is 0 Å². The highest BCUT2D eigenvalue weighted by Gasteiger charge is 2.12. The highest BCUT2D eigenvalue weighted by atomic mass is 32.1.